The summed E-state index contributed by atoms with van der Waals surface area (Å²) in [5.41, 5.74) is 0.388. The van der Waals surface area contributed by atoms with Crippen LogP contribution in [0.3, 0.4) is 0 Å². The number of aliphatic hydroxyl groups is 3. The van der Waals surface area contributed by atoms with Crippen molar-refractivity contribution in [3.8, 4) is 11.5 Å². The van der Waals surface area contributed by atoms with E-state index in [2.05, 4.69) is 0 Å². The largest absolute Gasteiger partial charge is 0.507 e. The smallest absolute Gasteiger partial charge is 0.342 e. The minimum atomic E-state index is -1.27. The molecule has 0 amide bonds. The number of hydrogen-bond acceptors (Lipinski definition) is 7. The molecule has 0 radical (unpaired) electrons. The fraction of sp³-hybridized carbons (Fsp3) is 0.526. The monoisotopic (exact) mass is 366 g/mol. The van der Waals surface area contributed by atoms with Gasteiger partial charge in [0.05, 0.1) is 25.4 Å². The molecular weight excluding hydrogens is 340 g/mol. The van der Waals surface area contributed by atoms with E-state index in [0.29, 0.717) is 24.2 Å². The van der Waals surface area contributed by atoms with Crippen LogP contribution in [0.15, 0.2) is 18.2 Å². The molecule has 2 rings (SSSR count). The van der Waals surface area contributed by atoms with Gasteiger partial charge in [-0.3, -0.25) is 0 Å². The SMILES string of the molecule is COc1cc(O)c2c(c1)/C=C/C[C@H](O)[C@H](O)[C@H](O)CCC[C@@H](C)OC2=O. The second-order valence-corrected chi connectivity index (χ2v) is 6.52. The Morgan fingerprint density at radius 1 is 1.15 bits per heavy atom. The maximum Gasteiger partial charge on any atom is 0.342 e. The molecule has 0 unspecified atom stereocenters. The molecule has 0 saturated heterocycles. The molecule has 7 heteroatoms. The maximum absolute atomic E-state index is 12.5. The lowest BCUT2D eigenvalue weighted by atomic mass is 9.98. The number of esters is 1. The summed E-state index contributed by atoms with van der Waals surface area (Å²) >= 11 is 0. The second-order valence-electron chi connectivity index (χ2n) is 6.52. The van der Waals surface area contributed by atoms with Gasteiger partial charge in [-0.2, -0.15) is 0 Å². The number of hydrogen-bond donors (Lipinski definition) is 4. The molecule has 26 heavy (non-hydrogen) atoms. The Labute approximate surface area is 152 Å². The Bertz CT molecular complexity index is 656. The van der Waals surface area contributed by atoms with Crippen molar-refractivity contribution in [2.24, 2.45) is 0 Å². The van der Waals surface area contributed by atoms with Gasteiger partial charge in [0.15, 0.2) is 0 Å². The third-order valence-electron chi connectivity index (χ3n) is 4.44. The lowest BCUT2D eigenvalue weighted by Crippen LogP contribution is -2.37. The van der Waals surface area contributed by atoms with E-state index in [-0.39, 0.29) is 24.2 Å². The van der Waals surface area contributed by atoms with Crippen molar-refractivity contribution in [1.29, 1.82) is 0 Å². The average molecular weight is 366 g/mol. The zero-order valence-corrected chi connectivity index (χ0v) is 15.0. The van der Waals surface area contributed by atoms with Crippen LogP contribution in [0.2, 0.25) is 0 Å². The Balaban J connectivity index is 2.40. The van der Waals surface area contributed by atoms with Crippen molar-refractivity contribution in [2.45, 2.75) is 57.0 Å². The van der Waals surface area contributed by atoms with E-state index in [0.717, 1.165) is 0 Å². The molecule has 1 aliphatic heterocycles. The maximum atomic E-state index is 12.5. The van der Waals surface area contributed by atoms with E-state index in [1.165, 1.54) is 19.3 Å². The van der Waals surface area contributed by atoms with Gasteiger partial charge in [0, 0.05) is 6.07 Å². The predicted molar refractivity (Wildman–Crippen MR) is 95.1 cm³/mol. The van der Waals surface area contributed by atoms with Crippen LogP contribution in [0.25, 0.3) is 6.08 Å². The van der Waals surface area contributed by atoms with E-state index >= 15 is 0 Å². The number of phenols is 1. The number of ether oxygens (including phenoxy) is 2. The summed E-state index contributed by atoms with van der Waals surface area (Å²) in [5, 5.41) is 40.2. The molecule has 0 aliphatic carbocycles. The number of benzene rings is 1. The molecule has 4 atom stereocenters. The first-order valence-electron chi connectivity index (χ1n) is 8.66. The molecule has 0 saturated carbocycles. The Morgan fingerprint density at radius 2 is 1.88 bits per heavy atom. The first kappa shape index (κ1) is 20.2. The highest BCUT2D eigenvalue weighted by Crippen LogP contribution is 2.30. The van der Waals surface area contributed by atoms with E-state index in [4.69, 9.17) is 9.47 Å². The third kappa shape index (κ3) is 4.97. The number of carbonyl (C=O) groups excluding carboxylic acids is 1. The van der Waals surface area contributed by atoms with Crippen LogP contribution in [0.4, 0.5) is 0 Å². The van der Waals surface area contributed by atoms with Gasteiger partial charge in [0.2, 0.25) is 0 Å². The van der Waals surface area contributed by atoms with Gasteiger partial charge in [0.25, 0.3) is 0 Å². The molecule has 0 bridgehead atoms. The molecule has 1 heterocycles. The summed E-state index contributed by atoms with van der Waals surface area (Å²) in [6, 6.07) is 2.90. The molecule has 0 spiro atoms. The van der Waals surface area contributed by atoms with Crippen molar-refractivity contribution < 1.29 is 34.7 Å². The summed E-state index contributed by atoms with van der Waals surface area (Å²) in [4.78, 5) is 12.5. The van der Waals surface area contributed by atoms with Crippen LogP contribution in [-0.2, 0) is 4.74 Å². The molecule has 0 fully saturated rings. The minimum absolute atomic E-state index is 0.0148. The quantitative estimate of drug-likeness (QED) is 0.558. The highest BCUT2D eigenvalue weighted by Gasteiger charge is 2.25. The van der Waals surface area contributed by atoms with Crippen LogP contribution in [0.1, 0.15) is 48.5 Å². The van der Waals surface area contributed by atoms with Gasteiger partial charge >= 0.3 is 5.97 Å². The van der Waals surface area contributed by atoms with Gasteiger partial charge in [-0.1, -0.05) is 12.2 Å². The van der Waals surface area contributed by atoms with Crippen LogP contribution in [0, 0.1) is 0 Å². The van der Waals surface area contributed by atoms with Gasteiger partial charge in [-0.15, -0.1) is 0 Å². The molecule has 144 valence electrons. The third-order valence-corrected chi connectivity index (χ3v) is 4.44. The van der Waals surface area contributed by atoms with Gasteiger partial charge < -0.3 is 29.9 Å². The van der Waals surface area contributed by atoms with Crippen LogP contribution in [0.5, 0.6) is 11.5 Å². The highest BCUT2D eigenvalue weighted by atomic mass is 16.5. The Hall–Kier alpha value is -2.09. The topological polar surface area (TPSA) is 116 Å². The average Bonchev–Trinajstić information content (AvgIpc) is 2.59. The van der Waals surface area contributed by atoms with E-state index in [1.807, 2.05) is 0 Å². The zero-order chi connectivity index (χ0) is 19.3. The zero-order valence-electron chi connectivity index (χ0n) is 15.0. The van der Waals surface area contributed by atoms with Gasteiger partial charge in [-0.25, -0.2) is 4.79 Å². The number of aromatic hydroxyl groups is 1. The summed E-state index contributed by atoms with van der Waals surface area (Å²) in [7, 11) is 1.44. The lowest BCUT2D eigenvalue weighted by Gasteiger charge is -2.23. The van der Waals surface area contributed by atoms with Crippen molar-refractivity contribution in [1.82, 2.24) is 0 Å². The number of carbonyl (C=O) groups is 1. The van der Waals surface area contributed by atoms with Crippen LogP contribution < -0.4 is 4.74 Å². The van der Waals surface area contributed by atoms with E-state index < -0.39 is 30.4 Å². The number of aliphatic hydroxyl groups excluding tert-OH is 3. The summed E-state index contributed by atoms with van der Waals surface area (Å²) in [6.45, 7) is 1.72. The molecule has 1 aromatic carbocycles. The predicted octanol–water partition coefficient (Wildman–Crippen LogP) is 1.62. The van der Waals surface area contributed by atoms with Crippen molar-refractivity contribution in [2.75, 3.05) is 7.11 Å². The molecule has 7 nitrogen and oxygen atoms in total. The number of methoxy groups -OCH3 is 1. The van der Waals surface area contributed by atoms with E-state index in [9.17, 15) is 25.2 Å². The van der Waals surface area contributed by atoms with Crippen molar-refractivity contribution in [3.63, 3.8) is 0 Å². The van der Waals surface area contributed by atoms with Gasteiger partial charge in [-0.05, 0) is 44.2 Å². The first-order chi connectivity index (χ1) is 12.3. The molecule has 1 aromatic rings. The molecule has 4 N–H and O–H groups in total. The van der Waals surface area contributed by atoms with Gasteiger partial charge in [0.1, 0.15) is 23.2 Å². The van der Waals surface area contributed by atoms with Crippen molar-refractivity contribution in [3.05, 3.63) is 29.3 Å². The fourth-order valence-electron chi connectivity index (χ4n) is 2.91. The normalized spacial score (nSPS) is 29.2. The molecule has 0 aromatic heterocycles. The Kier molecular flexibility index (Phi) is 7.02. The lowest BCUT2D eigenvalue weighted by molar-refractivity contribution is -0.0613. The number of rotatable bonds is 1. The van der Waals surface area contributed by atoms with Crippen LogP contribution >= 0.6 is 0 Å². The number of phenolic OH excluding ortho intramolecular Hbond substituents is 1. The van der Waals surface area contributed by atoms with Crippen molar-refractivity contribution >= 4 is 12.0 Å². The number of fused-ring (bicyclic) bond motifs is 1. The molecular formula is C19H26O7. The van der Waals surface area contributed by atoms with E-state index in [1.54, 1.807) is 19.1 Å². The Morgan fingerprint density at radius 3 is 2.58 bits per heavy atom. The fourth-order valence-corrected chi connectivity index (χ4v) is 2.91. The standard InChI is InChI=1S/C19H26O7/c1-11-5-3-7-14(20)18(23)15(21)8-4-6-12-9-13(25-2)10-16(22)17(12)19(24)26-11/h4,6,9-11,14-15,18,20-23H,3,5,7-8H2,1-2H3/b6-4+/t11-,14-,15+,18-/m1/s1. The summed E-state index contributed by atoms with van der Waals surface area (Å²) < 4.78 is 10.5. The first-order valence-corrected chi connectivity index (χ1v) is 8.66. The molecule has 1 aliphatic rings. The minimum Gasteiger partial charge on any atom is -0.507 e. The summed E-state index contributed by atoms with van der Waals surface area (Å²) in [5.74, 6) is -0.552. The summed E-state index contributed by atoms with van der Waals surface area (Å²) in [6.07, 6.45) is 0.542. The highest BCUT2D eigenvalue weighted by molar-refractivity contribution is 5.97. The second kappa shape index (κ2) is 9.02. The van der Waals surface area contributed by atoms with Crippen LogP contribution in [-0.4, -0.2) is 57.9 Å². The number of cyclic esters (lactones) is 1.